The Labute approximate surface area is 109 Å². The molecule has 0 spiro atoms. The Hall–Kier alpha value is -1.51. The van der Waals surface area contributed by atoms with Crippen molar-refractivity contribution in [1.82, 2.24) is 0 Å². The summed E-state index contributed by atoms with van der Waals surface area (Å²) >= 11 is 0. The van der Waals surface area contributed by atoms with Crippen LogP contribution in [0.3, 0.4) is 0 Å². The predicted molar refractivity (Wildman–Crippen MR) is 72.3 cm³/mol. The number of phenols is 1. The molecule has 100 valence electrons. The molecule has 0 amide bonds. The highest BCUT2D eigenvalue weighted by atomic mass is 16.5. The van der Waals surface area contributed by atoms with Gasteiger partial charge in [-0.2, -0.15) is 0 Å². The van der Waals surface area contributed by atoms with Crippen molar-refractivity contribution in [2.24, 2.45) is 0 Å². The molecule has 0 aliphatic carbocycles. The lowest BCUT2D eigenvalue weighted by Crippen LogP contribution is -1.99. The number of hydrogen-bond donors (Lipinski definition) is 1. The van der Waals surface area contributed by atoms with Crippen LogP contribution in [0.4, 0.5) is 0 Å². The third kappa shape index (κ3) is 3.76. The Morgan fingerprint density at radius 3 is 2.67 bits per heavy atom. The first-order chi connectivity index (χ1) is 8.45. The third-order valence-electron chi connectivity index (χ3n) is 3.24. The summed E-state index contributed by atoms with van der Waals surface area (Å²) in [6, 6.07) is 3.62. The summed E-state index contributed by atoms with van der Waals surface area (Å²) in [5.74, 6) is 1.54. The Balaban J connectivity index is 2.78. The van der Waals surface area contributed by atoms with Gasteiger partial charge in [0.2, 0.25) is 0 Å². The summed E-state index contributed by atoms with van der Waals surface area (Å²) in [4.78, 5) is 10.9. The zero-order valence-electron chi connectivity index (χ0n) is 11.6. The minimum atomic E-state index is 0.216. The van der Waals surface area contributed by atoms with Gasteiger partial charge < -0.3 is 14.6 Å². The van der Waals surface area contributed by atoms with E-state index < -0.39 is 0 Å². The molecule has 0 unspecified atom stereocenters. The second kappa shape index (κ2) is 6.43. The fraction of sp³-hybridized carbons (Fsp3) is 0.533. The maximum absolute atomic E-state index is 10.9. The van der Waals surface area contributed by atoms with Gasteiger partial charge in [-0.05, 0) is 50.3 Å². The average molecular weight is 250 g/mol. The number of Topliss-reactive ketones (excluding diaryl/α,β-unsaturated/α-hetero) is 1. The number of ether oxygens (including phenoxy) is 1. The minimum absolute atomic E-state index is 0.216. The number of carbonyl (C=O) groups is 1. The van der Waals surface area contributed by atoms with E-state index in [0.29, 0.717) is 12.2 Å². The van der Waals surface area contributed by atoms with Crippen molar-refractivity contribution in [3.05, 3.63) is 23.3 Å². The van der Waals surface area contributed by atoms with Gasteiger partial charge in [-0.15, -0.1) is 0 Å². The molecule has 0 radical (unpaired) electrons. The lowest BCUT2D eigenvalue weighted by molar-refractivity contribution is -0.117. The molecular formula is C15H22O3. The number of carbonyl (C=O) groups excluding carboxylic acids is 1. The SMILES string of the molecule is COc1cc([C@H](C)CCCC(C)=O)c(O)cc1C. The predicted octanol–water partition coefficient (Wildman–Crippen LogP) is 3.57. The van der Waals surface area contributed by atoms with Crippen LogP contribution in [0.2, 0.25) is 0 Å². The molecule has 0 saturated carbocycles. The normalized spacial score (nSPS) is 12.2. The van der Waals surface area contributed by atoms with E-state index >= 15 is 0 Å². The standard InChI is InChI=1S/C15H22O3/c1-10(6-5-7-12(3)16)13-9-15(18-4)11(2)8-14(13)17/h8-10,17H,5-7H2,1-4H3/t10-/m1/s1. The lowest BCUT2D eigenvalue weighted by atomic mass is 9.93. The van der Waals surface area contributed by atoms with E-state index in [9.17, 15) is 9.90 Å². The summed E-state index contributed by atoms with van der Waals surface area (Å²) < 4.78 is 5.27. The van der Waals surface area contributed by atoms with Crippen molar-refractivity contribution >= 4 is 5.78 Å². The zero-order valence-corrected chi connectivity index (χ0v) is 11.6. The summed E-state index contributed by atoms with van der Waals surface area (Å²) in [6.45, 7) is 5.57. The fourth-order valence-corrected chi connectivity index (χ4v) is 2.12. The van der Waals surface area contributed by atoms with Gasteiger partial charge in [-0.1, -0.05) is 6.92 Å². The van der Waals surface area contributed by atoms with Crippen LogP contribution in [-0.2, 0) is 4.79 Å². The molecule has 1 rings (SSSR count). The quantitative estimate of drug-likeness (QED) is 0.839. The fourth-order valence-electron chi connectivity index (χ4n) is 2.12. The van der Waals surface area contributed by atoms with Crippen LogP contribution in [0, 0.1) is 6.92 Å². The van der Waals surface area contributed by atoms with Gasteiger partial charge >= 0.3 is 0 Å². The Morgan fingerprint density at radius 2 is 2.11 bits per heavy atom. The highest BCUT2D eigenvalue weighted by molar-refractivity contribution is 5.75. The van der Waals surface area contributed by atoms with E-state index in [2.05, 4.69) is 6.92 Å². The molecule has 1 N–H and O–H groups in total. The first-order valence-corrected chi connectivity index (χ1v) is 6.32. The highest BCUT2D eigenvalue weighted by Crippen LogP contribution is 2.34. The van der Waals surface area contributed by atoms with Crippen LogP contribution < -0.4 is 4.74 Å². The smallest absolute Gasteiger partial charge is 0.129 e. The van der Waals surface area contributed by atoms with Gasteiger partial charge in [0.1, 0.15) is 17.3 Å². The Morgan fingerprint density at radius 1 is 1.44 bits per heavy atom. The Bertz CT molecular complexity index is 424. The van der Waals surface area contributed by atoms with E-state index in [1.54, 1.807) is 20.1 Å². The van der Waals surface area contributed by atoms with E-state index in [4.69, 9.17) is 4.74 Å². The number of aromatic hydroxyl groups is 1. The third-order valence-corrected chi connectivity index (χ3v) is 3.24. The number of aryl methyl sites for hydroxylation is 1. The van der Waals surface area contributed by atoms with E-state index in [1.807, 2.05) is 13.0 Å². The minimum Gasteiger partial charge on any atom is -0.508 e. The van der Waals surface area contributed by atoms with Crippen LogP contribution in [0.5, 0.6) is 11.5 Å². The number of hydrogen-bond acceptors (Lipinski definition) is 3. The average Bonchev–Trinajstić information content (AvgIpc) is 2.28. The second-order valence-corrected chi connectivity index (χ2v) is 4.88. The summed E-state index contributed by atoms with van der Waals surface area (Å²) in [6.07, 6.45) is 2.35. The zero-order chi connectivity index (χ0) is 13.7. The van der Waals surface area contributed by atoms with Crippen LogP contribution in [0.15, 0.2) is 12.1 Å². The number of phenolic OH excluding ortho intramolecular Hbond substituents is 1. The molecule has 0 aliphatic heterocycles. The van der Waals surface area contributed by atoms with Crippen LogP contribution in [0.25, 0.3) is 0 Å². The van der Waals surface area contributed by atoms with Crippen LogP contribution in [0.1, 0.15) is 50.2 Å². The van der Waals surface area contributed by atoms with Gasteiger partial charge in [0.15, 0.2) is 0 Å². The highest BCUT2D eigenvalue weighted by Gasteiger charge is 2.13. The van der Waals surface area contributed by atoms with Crippen molar-refractivity contribution < 1.29 is 14.6 Å². The monoisotopic (exact) mass is 250 g/mol. The van der Waals surface area contributed by atoms with Crippen molar-refractivity contribution in [3.8, 4) is 11.5 Å². The number of rotatable bonds is 6. The number of methoxy groups -OCH3 is 1. The van der Waals surface area contributed by atoms with Crippen molar-refractivity contribution in [3.63, 3.8) is 0 Å². The van der Waals surface area contributed by atoms with Crippen molar-refractivity contribution in [1.29, 1.82) is 0 Å². The molecule has 0 heterocycles. The number of benzene rings is 1. The second-order valence-electron chi connectivity index (χ2n) is 4.88. The van der Waals surface area contributed by atoms with Gasteiger partial charge in [0, 0.05) is 12.0 Å². The molecule has 0 bridgehead atoms. The summed E-state index contributed by atoms with van der Waals surface area (Å²) in [5.41, 5.74) is 1.82. The topological polar surface area (TPSA) is 46.5 Å². The number of ketones is 1. The van der Waals surface area contributed by atoms with Crippen molar-refractivity contribution in [2.45, 2.75) is 46.0 Å². The van der Waals surface area contributed by atoms with E-state index in [0.717, 1.165) is 29.7 Å². The van der Waals surface area contributed by atoms with Gasteiger partial charge in [-0.3, -0.25) is 0 Å². The van der Waals surface area contributed by atoms with Gasteiger partial charge in [-0.25, -0.2) is 0 Å². The van der Waals surface area contributed by atoms with Crippen LogP contribution in [-0.4, -0.2) is 18.0 Å². The molecule has 0 aromatic heterocycles. The molecule has 1 atom stereocenters. The maximum atomic E-state index is 10.9. The van der Waals surface area contributed by atoms with Crippen molar-refractivity contribution in [2.75, 3.05) is 7.11 Å². The van der Waals surface area contributed by atoms with Gasteiger partial charge in [0.05, 0.1) is 7.11 Å². The molecule has 3 nitrogen and oxygen atoms in total. The molecule has 18 heavy (non-hydrogen) atoms. The molecule has 0 saturated heterocycles. The molecule has 3 heteroatoms. The summed E-state index contributed by atoms with van der Waals surface area (Å²) in [5, 5.41) is 9.97. The lowest BCUT2D eigenvalue weighted by Gasteiger charge is -2.16. The van der Waals surface area contributed by atoms with Crippen LogP contribution >= 0.6 is 0 Å². The first-order valence-electron chi connectivity index (χ1n) is 6.32. The van der Waals surface area contributed by atoms with Gasteiger partial charge in [0.25, 0.3) is 0 Å². The molecule has 0 aliphatic rings. The largest absolute Gasteiger partial charge is 0.508 e. The summed E-state index contributed by atoms with van der Waals surface area (Å²) in [7, 11) is 1.63. The Kier molecular flexibility index (Phi) is 5.20. The van der Waals surface area contributed by atoms with E-state index in [-0.39, 0.29) is 11.7 Å². The van der Waals surface area contributed by atoms with E-state index in [1.165, 1.54) is 0 Å². The molecule has 1 aromatic rings. The maximum Gasteiger partial charge on any atom is 0.129 e. The molecule has 0 fully saturated rings. The molecule has 1 aromatic carbocycles. The first kappa shape index (κ1) is 14.6. The molecular weight excluding hydrogens is 228 g/mol.